The van der Waals surface area contributed by atoms with Gasteiger partial charge in [-0.25, -0.2) is 14.1 Å². The van der Waals surface area contributed by atoms with Gasteiger partial charge in [-0.15, -0.1) is 0 Å². The van der Waals surface area contributed by atoms with Crippen molar-refractivity contribution in [2.75, 3.05) is 0 Å². The van der Waals surface area contributed by atoms with Crippen molar-refractivity contribution in [3.63, 3.8) is 0 Å². The van der Waals surface area contributed by atoms with Gasteiger partial charge < -0.3 is 15.1 Å². The van der Waals surface area contributed by atoms with E-state index in [1.165, 1.54) is 6.07 Å². The summed E-state index contributed by atoms with van der Waals surface area (Å²) in [5, 5.41) is 12.1. The summed E-state index contributed by atoms with van der Waals surface area (Å²) >= 11 is 0. The zero-order valence-electron chi connectivity index (χ0n) is 17.2. The molecule has 4 rings (SSSR count). The fourth-order valence-electron chi connectivity index (χ4n) is 2.90. The largest absolute Gasteiger partial charge is 0.384 e. The number of nitrogens with zero attached hydrogens (tertiary/aromatic N) is 6. The number of pyridine rings is 1. The SMILES string of the molecule is Cc1cc(C)n(-c2ccc(C(N)=NOCc3nc(-c4ccc(C)c(F)c4)no3)cn2)n1. The highest BCUT2D eigenvalue weighted by molar-refractivity contribution is 5.96. The van der Waals surface area contributed by atoms with Crippen LogP contribution in [0, 0.1) is 26.6 Å². The molecule has 31 heavy (non-hydrogen) atoms. The molecule has 10 heteroatoms. The van der Waals surface area contributed by atoms with Crippen LogP contribution in [0.5, 0.6) is 0 Å². The van der Waals surface area contributed by atoms with Crippen molar-refractivity contribution in [3.05, 3.63) is 76.8 Å². The Kier molecular flexibility index (Phi) is 5.44. The average molecular weight is 421 g/mol. The molecule has 0 saturated carbocycles. The number of hydrogen-bond donors (Lipinski definition) is 1. The van der Waals surface area contributed by atoms with Crippen LogP contribution in [-0.2, 0) is 11.4 Å². The smallest absolute Gasteiger partial charge is 0.267 e. The summed E-state index contributed by atoms with van der Waals surface area (Å²) in [6, 6.07) is 10.3. The normalized spacial score (nSPS) is 11.7. The van der Waals surface area contributed by atoms with Gasteiger partial charge in [0.2, 0.25) is 5.82 Å². The molecule has 0 unspecified atom stereocenters. The molecule has 0 atom stereocenters. The molecule has 4 aromatic rings. The molecule has 9 nitrogen and oxygen atoms in total. The average Bonchev–Trinajstić information content (AvgIpc) is 3.36. The topological polar surface area (TPSA) is 117 Å². The number of aryl methyl sites for hydroxylation is 3. The van der Waals surface area contributed by atoms with Crippen LogP contribution in [0.2, 0.25) is 0 Å². The van der Waals surface area contributed by atoms with E-state index in [2.05, 4.69) is 25.4 Å². The lowest BCUT2D eigenvalue weighted by Crippen LogP contribution is -2.15. The maximum atomic E-state index is 13.7. The van der Waals surface area contributed by atoms with Gasteiger partial charge in [0.1, 0.15) is 5.82 Å². The Morgan fingerprint density at radius 3 is 2.71 bits per heavy atom. The fraction of sp³-hybridized carbons (Fsp3) is 0.190. The van der Waals surface area contributed by atoms with Gasteiger partial charge in [-0.05, 0) is 50.6 Å². The van der Waals surface area contributed by atoms with Gasteiger partial charge >= 0.3 is 0 Å². The molecule has 3 heterocycles. The van der Waals surface area contributed by atoms with E-state index in [0.29, 0.717) is 22.5 Å². The molecule has 1 aromatic carbocycles. The molecule has 0 aliphatic rings. The molecule has 0 radical (unpaired) electrons. The molecule has 2 N–H and O–H groups in total. The van der Waals surface area contributed by atoms with E-state index in [4.69, 9.17) is 15.1 Å². The van der Waals surface area contributed by atoms with E-state index in [0.717, 1.165) is 11.4 Å². The van der Waals surface area contributed by atoms with Crippen molar-refractivity contribution in [2.45, 2.75) is 27.4 Å². The predicted octanol–water partition coefficient (Wildman–Crippen LogP) is 3.22. The summed E-state index contributed by atoms with van der Waals surface area (Å²) in [6.45, 7) is 5.47. The highest BCUT2D eigenvalue weighted by Crippen LogP contribution is 2.19. The fourth-order valence-corrected chi connectivity index (χ4v) is 2.90. The Bertz CT molecular complexity index is 1250. The van der Waals surface area contributed by atoms with Gasteiger partial charge in [0.25, 0.3) is 5.89 Å². The van der Waals surface area contributed by atoms with E-state index in [-0.39, 0.29) is 30.0 Å². The number of aromatic nitrogens is 5. The Morgan fingerprint density at radius 1 is 1.19 bits per heavy atom. The van der Waals surface area contributed by atoms with Gasteiger partial charge in [0, 0.05) is 23.0 Å². The van der Waals surface area contributed by atoms with E-state index in [1.807, 2.05) is 19.9 Å². The summed E-state index contributed by atoms with van der Waals surface area (Å²) in [5.41, 5.74) is 9.49. The molecular formula is C21H20FN7O2. The molecule has 0 amide bonds. The summed E-state index contributed by atoms with van der Waals surface area (Å²) in [6.07, 6.45) is 1.59. The summed E-state index contributed by atoms with van der Waals surface area (Å²) < 4.78 is 20.6. The van der Waals surface area contributed by atoms with Gasteiger partial charge in [-0.1, -0.05) is 22.4 Å². The highest BCUT2D eigenvalue weighted by Gasteiger charge is 2.11. The Morgan fingerprint density at radius 2 is 2.03 bits per heavy atom. The van der Waals surface area contributed by atoms with Crippen LogP contribution in [0.3, 0.4) is 0 Å². The van der Waals surface area contributed by atoms with Crippen molar-refractivity contribution >= 4 is 5.84 Å². The molecule has 0 bridgehead atoms. The summed E-state index contributed by atoms with van der Waals surface area (Å²) in [4.78, 5) is 13.8. The first kappa shape index (κ1) is 20.2. The molecule has 0 spiro atoms. The molecule has 0 saturated heterocycles. The summed E-state index contributed by atoms with van der Waals surface area (Å²) in [7, 11) is 0. The zero-order valence-corrected chi connectivity index (χ0v) is 17.2. The van der Waals surface area contributed by atoms with Crippen LogP contribution in [0.15, 0.2) is 52.3 Å². The molecule has 3 aromatic heterocycles. The van der Waals surface area contributed by atoms with Crippen LogP contribution in [-0.4, -0.2) is 30.7 Å². The first-order valence-electron chi connectivity index (χ1n) is 9.45. The second-order valence-electron chi connectivity index (χ2n) is 6.97. The number of oxime groups is 1. The van der Waals surface area contributed by atoms with Gasteiger partial charge in [-0.3, -0.25) is 0 Å². The van der Waals surface area contributed by atoms with E-state index in [9.17, 15) is 4.39 Å². The van der Waals surface area contributed by atoms with E-state index in [1.54, 1.807) is 42.1 Å². The minimum atomic E-state index is -0.338. The third kappa shape index (κ3) is 4.42. The highest BCUT2D eigenvalue weighted by atomic mass is 19.1. The van der Waals surface area contributed by atoms with Crippen LogP contribution in [0.25, 0.3) is 17.2 Å². The number of rotatable bonds is 6. The standard InChI is InChI=1S/C21H20FN7O2/c1-12-4-5-15(9-17(12)22)21-25-19(31-28-21)11-30-27-20(23)16-6-7-18(24-10-16)29-14(3)8-13(2)26-29/h4-10H,11H2,1-3H3,(H2,23,27). The van der Waals surface area contributed by atoms with Crippen molar-refractivity contribution in [1.29, 1.82) is 0 Å². The Labute approximate surface area is 177 Å². The van der Waals surface area contributed by atoms with Crippen LogP contribution < -0.4 is 5.73 Å². The van der Waals surface area contributed by atoms with Crippen LogP contribution in [0.1, 0.15) is 28.4 Å². The van der Waals surface area contributed by atoms with Gasteiger partial charge in [0.05, 0.1) is 5.69 Å². The lowest BCUT2D eigenvalue weighted by Gasteiger charge is -2.05. The lowest BCUT2D eigenvalue weighted by atomic mass is 10.1. The molecular weight excluding hydrogens is 401 g/mol. The molecule has 0 aliphatic carbocycles. The Hall–Kier alpha value is -4.08. The maximum absolute atomic E-state index is 13.7. The van der Waals surface area contributed by atoms with E-state index >= 15 is 0 Å². The third-order valence-corrected chi connectivity index (χ3v) is 4.52. The number of benzene rings is 1. The minimum Gasteiger partial charge on any atom is -0.384 e. The third-order valence-electron chi connectivity index (χ3n) is 4.52. The van der Waals surface area contributed by atoms with Gasteiger partial charge in [0.15, 0.2) is 18.3 Å². The Balaban J connectivity index is 1.39. The molecule has 0 fully saturated rings. The van der Waals surface area contributed by atoms with Crippen LogP contribution in [0.4, 0.5) is 4.39 Å². The monoisotopic (exact) mass is 421 g/mol. The van der Waals surface area contributed by atoms with Crippen molar-refractivity contribution < 1.29 is 13.8 Å². The second kappa shape index (κ2) is 8.34. The number of amidine groups is 1. The van der Waals surface area contributed by atoms with Crippen molar-refractivity contribution in [2.24, 2.45) is 10.9 Å². The number of hydrogen-bond acceptors (Lipinski definition) is 7. The van der Waals surface area contributed by atoms with Crippen molar-refractivity contribution in [1.82, 2.24) is 24.9 Å². The molecule has 158 valence electrons. The predicted molar refractivity (Wildman–Crippen MR) is 111 cm³/mol. The minimum absolute atomic E-state index is 0.0840. The maximum Gasteiger partial charge on any atom is 0.267 e. The first-order valence-corrected chi connectivity index (χ1v) is 9.45. The molecule has 0 aliphatic heterocycles. The quantitative estimate of drug-likeness (QED) is 0.288. The van der Waals surface area contributed by atoms with E-state index < -0.39 is 0 Å². The van der Waals surface area contributed by atoms with Gasteiger partial charge in [-0.2, -0.15) is 10.1 Å². The van der Waals surface area contributed by atoms with Crippen LogP contribution >= 0.6 is 0 Å². The number of nitrogens with two attached hydrogens (primary N) is 1. The number of halogens is 1. The lowest BCUT2D eigenvalue weighted by molar-refractivity contribution is 0.105. The first-order chi connectivity index (χ1) is 14.9. The zero-order chi connectivity index (χ0) is 22.0. The second-order valence-corrected chi connectivity index (χ2v) is 6.97. The van der Waals surface area contributed by atoms with Crippen molar-refractivity contribution in [3.8, 4) is 17.2 Å². The summed E-state index contributed by atoms with van der Waals surface area (Å²) in [5.74, 6) is 0.931.